The summed E-state index contributed by atoms with van der Waals surface area (Å²) in [6, 6.07) is 9.48. The molecule has 4 aliphatic carbocycles. The smallest absolute Gasteiger partial charge is 0.338 e. The molecule has 4 saturated carbocycles. The van der Waals surface area contributed by atoms with Crippen LogP contribution in [0.5, 0.6) is 0 Å². The number of esters is 1. The van der Waals surface area contributed by atoms with Crippen molar-refractivity contribution >= 4 is 11.9 Å². The molecule has 5 fully saturated rings. The molecule has 1 aromatic rings. The zero-order valence-electron chi connectivity index (χ0n) is 26.0. The number of rotatable bonds is 7. The largest absolute Gasteiger partial charge is 0.478 e. The van der Waals surface area contributed by atoms with E-state index in [-0.39, 0.29) is 22.9 Å². The predicted octanol–water partition coefficient (Wildman–Crippen LogP) is 7.67. The fourth-order valence-electron chi connectivity index (χ4n) is 10.6. The minimum absolute atomic E-state index is 0.0998. The van der Waals surface area contributed by atoms with Crippen LogP contribution >= 0.6 is 0 Å². The standard InChI is InChI=1S/C36H50O6/c1-23(9-8-10-24(2)32(37)38)27-13-14-28-31-29(15-16-35(27,28)4)34(3)17-18-36(40-19-20-41-36)22-26(34)21-30(31)42-33(39)25-11-6-5-7-12-25/h5-7,10-12,23,26-31H,8-9,13-22H2,1-4H3,(H,37,38)/t23-,26+,27-,28?,29?,30-,31?,34+,35-/m1/s1. The van der Waals surface area contributed by atoms with Gasteiger partial charge in [-0.3, -0.25) is 0 Å². The molecule has 42 heavy (non-hydrogen) atoms. The number of carboxylic acids is 1. The van der Waals surface area contributed by atoms with Gasteiger partial charge in [0.15, 0.2) is 5.79 Å². The quantitative estimate of drug-likeness (QED) is 0.264. The molecular weight excluding hydrogens is 528 g/mol. The monoisotopic (exact) mass is 578 g/mol. The molecule has 0 aromatic heterocycles. The summed E-state index contributed by atoms with van der Waals surface area (Å²) in [6.45, 7) is 10.5. The van der Waals surface area contributed by atoms with E-state index >= 15 is 0 Å². The first kappa shape index (κ1) is 29.9. The van der Waals surface area contributed by atoms with Gasteiger partial charge in [0.05, 0.1) is 18.8 Å². The first-order chi connectivity index (χ1) is 20.1. The van der Waals surface area contributed by atoms with Gasteiger partial charge in [0.2, 0.25) is 0 Å². The van der Waals surface area contributed by atoms with Gasteiger partial charge in [0, 0.05) is 24.3 Å². The summed E-state index contributed by atoms with van der Waals surface area (Å²) in [4.78, 5) is 24.8. The fourth-order valence-corrected chi connectivity index (χ4v) is 10.6. The number of carboxylic acid groups (broad SMARTS) is 1. The van der Waals surface area contributed by atoms with Gasteiger partial charge in [-0.2, -0.15) is 0 Å². The van der Waals surface area contributed by atoms with E-state index in [0.29, 0.717) is 59.9 Å². The third kappa shape index (κ3) is 5.15. The second kappa shape index (κ2) is 11.4. The van der Waals surface area contributed by atoms with Crippen LogP contribution in [0, 0.1) is 46.3 Å². The van der Waals surface area contributed by atoms with Crippen molar-refractivity contribution in [3.8, 4) is 0 Å². The number of hydrogen-bond acceptors (Lipinski definition) is 5. The van der Waals surface area contributed by atoms with Crippen LogP contribution in [0.15, 0.2) is 42.0 Å². The zero-order chi connectivity index (χ0) is 29.7. The van der Waals surface area contributed by atoms with Gasteiger partial charge in [0.1, 0.15) is 6.10 Å². The zero-order valence-corrected chi connectivity index (χ0v) is 26.0. The van der Waals surface area contributed by atoms with Crippen LogP contribution in [-0.4, -0.2) is 42.1 Å². The number of carbonyl (C=O) groups is 2. The van der Waals surface area contributed by atoms with Crippen molar-refractivity contribution in [2.75, 3.05) is 13.2 Å². The molecule has 230 valence electrons. The summed E-state index contributed by atoms with van der Waals surface area (Å²) < 4.78 is 19.0. The molecule has 0 amide bonds. The number of carbonyl (C=O) groups excluding carboxylic acids is 1. The molecule has 1 heterocycles. The molecule has 1 aromatic carbocycles. The number of aliphatic carboxylic acids is 1. The molecule has 1 N–H and O–H groups in total. The summed E-state index contributed by atoms with van der Waals surface area (Å²) in [5.74, 6) is 1.48. The Morgan fingerprint density at radius 2 is 1.74 bits per heavy atom. The SMILES string of the molecule is CC(=CCC[C@@H](C)[C@H]1CCC2C3C(CC[C@@]21C)[C@@]1(C)CCC2(C[C@@H]1C[C@H]3OC(=O)c1ccccc1)OCCO2)C(=O)O. The van der Waals surface area contributed by atoms with E-state index in [1.807, 2.05) is 36.4 Å². The predicted molar refractivity (Wildman–Crippen MR) is 161 cm³/mol. The first-order valence-corrected chi connectivity index (χ1v) is 16.5. The first-order valence-electron chi connectivity index (χ1n) is 16.5. The lowest BCUT2D eigenvalue weighted by molar-refractivity contribution is -0.242. The van der Waals surface area contributed by atoms with E-state index in [9.17, 15) is 14.7 Å². The average molecular weight is 579 g/mol. The summed E-state index contributed by atoms with van der Waals surface area (Å²) in [5.41, 5.74) is 1.48. The Hall–Kier alpha value is -2.18. The third-order valence-electron chi connectivity index (χ3n) is 12.9. The van der Waals surface area contributed by atoms with E-state index < -0.39 is 11.8 Å². The lowest BCUT2D eigenvalue weighted by atomic mass is 9.43. The second-order valence-corrected chi connectivity index (χ2v) is 14.8. The molecule has 1 saturated heterocycles. The van der Waals surface area contributed by atoms with E-state index in [0.717, 1.165) is 38.5 Å². The van der Waals surface area contributed by atoms with Crippen molar-refractivity contribution in [2.45, 2.75) is 104 Å². The van der Waals surface area contributed by atoms with Crippen molar-refractivity contribution in [1.29, 1.82) is 0 Å². The van der Waals surface area contributed by atoms with Crippen LogP contribution in [-0.2, 0) is 19.0 Å². The Bertz CT molecular complexity index is 1190. The summed E-state index contributed by atoms with van der Waals surface area (Å²) >= 11 is 0. The lowest BCUT2D eigenvalue weighted by Crippen LogP contribution is -2.60. The molecule has 6 rings (SSSR count). The summed E-state index contributed by atoms with van der Waals surface area (Å²) in [5, 5.41) is 9.27. The van der Waals surface area contributed by atoms with Gasteiger partial charge in [-0.25, -0.2) is 9.59 Å². The normalized spacial score (nSPS) is 39.7. The molecule has 0 radical (unpaired) electrons. The third-order valence-corrected chi connectivity index (χ3v) is 12.9. The molecule has 6 heteroatoms. The van der Waals surface area contributed by atoms with Gasteiger partial charge in [-0.15, -0.1) is 0 Å². The molecular formula is C36H50O6. The van der Waals surface area contributed by atoms with Gasteiger partial charge in [-0.05, 0) is 111 Å². The van der Waals surface area contributed by atoms with Crippen molar-refractivity contribution in [1.82, 2.24) is 0 Å². The molecule has 1 spiro atoms. The Kier molecular flexibility index (Phi) is 8.10. The second-order valence-electron chi connectivity index (χ2n) is 14.8. The minimum atomic E-state index is -0.825. The van der Waals surface area contributed by atoms with Crippen LogP contribution < -0.4 is 0 Å². The molecule has 9 atom stereocenters. The molecule has 0 bridgehead atoms. The molecule has 3 unspecified atom stereocenters. The number of fused-ring (bicyclic) bond motifs is 5. The topological polar surface area (TPSA) is 82.1 Å². The van der Waals surface area contributed by atoms with Gasteiger partial charge in [0.25, 0.3) is 0 Å². The highest BCUT2D eigenvalue weighted by Crippen LogP contribution is 2.69. The number of allylic oxidation sites excluding steroid dienone is 1. The Morgan fingerprint density at radius 3 is 2.45 bits per heavy atom. The van der Waals surface area contributed by atoms with Crippen LogP contribution in [0.4, 0.5) is 0 Å². The number of hydrogen-bond donors (Lipinski definition) is 1. The Labute approximate surface area is 251 Å². The fraction of sp³-hybridized carbons (Fsp3) is 0.722. The van der Waals surface area contributed by atoms with Crippen LogP contribution in [0.25, 0.3) is 0 Å². The minimum Gasteiger partial charge on any atom is -0.478 e. The van der Waals surface area contributed by atoms with Gasteiger partial charge < -0.3 is 19.3 Å². The van der Waals surface area contributed by atoms with Gasteiger partial charge in [-0.1, -0.05) is 45.0 Å². The Morgan fingerprint density at radius 1 is 1.02 bits per heavy atom. The molecule has 5 aliphatic rings. The molecule has 6 nitrogen and oxygen atoms in total. The van der Waals surface area contributed by atoms with E-state index in [4.69, 9.17) is 14.2 Å². The van der Waals surface area contributed by atoms with E-state index in [1.165, 1.54) is 25.7 Å². The maximum Gasteiger partial charge on any atom is 0.338 e. The highest BCUT2D eigenvalue weighted by Gasteiger charge is 2.65. The van der Waals surface area contributed by atoms with Crippen LogP contribution in [0.1, 0.15) is 102 Å². The van der Waals surface area contributed by atoms with Crippen molar-refractivity contribution in [3.63, 3.8) is 0 Å². The van der Waals surface area contributed by atoms with Crippen molar-refractivity contribution in [2.24, 2.45) is 46.3 Å². The lowest BCUT2D eigenvalue weighted by Gasteiger charge is -2.63. The van der Waals surface area contributed by atoms with Crippen molar-refractivity contribution < 1.29 is 28.9 Å². The van der Waals surface area contributed by atoms with Crippen LogP contribution in [0.2, 0.25) is 0 Å². The van der Waals surface area contributed by atoms with E-state index in [2.05, 4.69) is 20.8 Å². The van der Waals surface area contributed by atoms with Crippen molar-refractivity contribution in [3.05, 3.63) is 47.5 Å². The summed E-state index contributed by atoms with van der Waals surface area (Å²) in [6.07, 6.45) is 12.3. The maximum atomic E-state index is 13.5. The molecule has 1 aliphatic heterocycles. The number of benzene rings is 1. The number of ether oxygens (including phenoxy) is 3. The van der Waals surface area contributed by atoms with Gasteiger partial charge >= 0.3 is 11.9 Å². The van der Waals surface area contributed by atoms with Crippen LogP contribution in [0.3, 0.4) is 0 Å². The highest BCUT2D eigenvalue weighted by atomic mass is 16.7. The van der Waals surface area contributed by atoms with E-state index in [1.54, 1.807) is 6.92 Å². The highest BCUT2D eigenvalue weighted by molar-refractivity contribution is 5.89. The Balaban J connectivity index is 1.27. The summed E-state index contributed by atoms with van der Waals surface area (Å²) in [7, 11) is 0. The average Bonchev–Trinajstić information content (AvgIpc) is 3.58. The maximum absolute atomic E-state index is 13.5.